The van der Waals surface area contributed by atoms with Gasteiger partial charge in [-0.25, -0.2) is 5.01 Å². The van der Waals surface area contributed by atoms with Gasteiger partial charge in [-0.15, -0.1) is 0 Å². The fraction of sp³-hybridized carbons (Fsp3) is 0.609. The van der Waals surface area contributed by atoms with Crippen LogP contribution in [0.15, 0.2) is 24.3 Å². The van der Waals surface area contributed by atoms with E-state index in [-0.39, 0.29) is 18.2 Å². The standard InChI is InChI=1S/C23H34N6O3/c24-29-10-7-17(8-11-29)6-9-27-12-14-28(15-13-27)19-3-1-2-18(16-19)22(31)25-20-4-5-21(30)26-23(20)32/h1-3,16-17,20H,4-15,24H2,(H,25,31)(H,26,30,32). The van der Waals surface area contributed by atoms with Crippen LogP contribution in [0.1, 0.15) is 42.5 Å². The zero-order chi connectivity index (χ0) is 22.5. The molecule has 1 aromatic rings. The summed E-state index contributed by atoms with van der Waals surface area (Å²) >= 11 is 0. The van der Waals surface area contributed by atoms with Gasteiger partial charge in [0.25, 0.3) is 5.91 Å². The second-order valence-electron chi connectivity index (χ2n) is 9.12. The molecule has 3 heterocycles. The molecule has 3 fully saturated rings. The van der Waals surface area contributed by atoms with E-state index in [0.717, 1.165) is 57.4 Å². The SMILES string of the molecule is NN1CCC(CCN2CCN(c3cccc(C(=O)NC4CCC(=O)NC4=O)c3)CC2)CC1. The van der Waals surface area contributed by atoms with E-state index in [9.17, 15) is 14.4 Å². The maximum Gasteiger partial charge on any atom is 0.252 e. The third kappa shape index (κ3) is 5.85. The second kappa shape index (κ2) is 10.4. The minimum absolute atomic E-state index is 0.243. The van der Waals surface area contributed by atoms with E-state index in [1.165, 1.54) is 19.3 Å². The van der Waals surface area contributed by atoms with Crippen molar-refractivity contribution in [1.82, 2.24) is 20.5 Å². The van der Waals surface area contributed by atoms with Crippen molar-refractivity contribution in [2.45, 2.75) is 38.1 Å². The Balaban J connectivity index is 1.25. The Hall–Kier alpha value is -2.49. The lowest BCUT2D eigenvalue weighted by atomic mass is 9.94. The third-order valence-corrected chi connectivity index (χ3v) is 6.89. The van der Waals surface area contributed by atoms with Crippen LogP contribution in [-0.2, 0) is 9.59 Å². The van der Waals surface area contributed by atoms with Crippen LogP contribution < -0.4 is 21.4 Å². The molecule has 0 aliphatic carbocycles. The highest BCUT2D eigenvalue weighted by atomic mass is 16.2. The van der Waals surface area contributed by atoms with Gasteiger partial charge in [0.1, 0.15) is 6.04 Å². The van der Waals surface area contributed by atoms with Crippen LogP contribution in [0.25, 0.3) is 0 Å². The van der Waals surface area contributed by atoms with Crippen LogP contribution >= 0.6 is 0 Å². The first kappa shape index (κ1) is 22.7. The van der Waals surface area contributed by atoms with E-state index < -0.39 is 11.9 Å². The van der Waals surface area contributed by atoms with E-state index >= 15 is 0 Å². The minimum Gasteiger partial charge on any atom is -0.369 e. The number of piperazine rings is 1. The Bertz CT molecular complexity index is 831. The molecule has 3 saturated heterocycles. The van der Waals surface area contributed by atoms with E-state index in [1.54, 1.807) is 6.07 Å². The van der Waals surface area contributed by atoms with Crippen LogP contribution in [-0.4, -0.2) is 79.5 Å². The number of hydrogen-bond acceptors (Lipinski definition) is 7. The maximum absolute atomic E-state index is 12.7. The predicted octanol–water partition coefficient (Wildman–Crippen LogP) is 0.319. The fourth-order valence-corrected chi connectivity index (χ4v) is 4.75. The first-order valence-corrected chi connectivity index (χ1v) is 11.7. The highest BCUT2D eigenvalue weighted by Gasteiger charge is 2.28. The molecule has 0 saturated carbocycles. The fourth-order valence-electron chi connectivity index (χ4n) is 4.75. The number of piperidine rings is 2. The summed E-state index contributed by atoms with van der Waals surface area (Å²) in [5.74, 6) is 5.63. The lowest BCUT2D eigenvalue weighted by Gasteiger charge is -2.37. The molecule has 0 aromatic heterocycles. The number of nitrogens with zero attached hydrogens (tertiary/aromatic N) is 3. The molecule has 9 nitrogen and oxygen atoms in total. The zero-order valence-electron chi connectivity index (χ0n) is 18.6. The second-order valence-corrected chi connectivity index (χ2v) is 9.12. The Labute approximate surface area is 189 Å². The lowest BCUT2D eigenvalue weighted by Crippen LogP contribution is -2.52. The molecule has 3 aliphatic rings. The van der Waals surface area contributed by atoms with Gasteiger partial charge in [0.2, 0.25) is 11.8 Å². The molecule has 0 bridgehead atoms. The lowest BCUT2D eigenvalue weighted by molar-refractivity contribution is -0.134. The molecule has 32 heavy (non-hydrogen) atoms. The normalized spacial score (nSPS) is 23.8. The number of carbonyl (C=O) groups is 3. The average molecular weight is 443 g/mol. The molecule has 0 spiro atoms. The van der Waals surface area contributed by atoms with Gasteiger partial charge < -0.3 is 10.2 Å². The summed E-state index contributed by atoms with van der Waals surface area (Å²) in [6.07, 6.45) is 4.22. The Kier molecular flexibility index (Phi) is 7.39. The number of benzene rings is 1. The Morgan fingerprint density at radius 1 is 1.06 bits per heavy atom. The van der Waals surface area contributed by atoms with Crippen molar-refractivity contribution in [2.75, 3.05) is 50.7 Å². The van der Waals surface area contributed by atoms with Crippen molar-refractivity contribution in [3.8, 4) is 0 Å². The number of nitrogens with two attached hydrogens (primary N) is 1. The number of hydrazine groups is 1. The summed E-state index contributed by atoms with van der Waals surface area (Å²) in [5, 5.41) is 6.95. The summed E-state index contributed by atoms with van der Waals surface area (Å²) in [5.41, 5.74) is 1.55. The maximum atomic E-state index is 12.7. The molecular weight excluding hydrogens is 408 g/mol. The number of nitrogens with one attached hydrogen (secondary N) is 2. The molecule has 3 amide bonds. The Morgan fingerprint density at radius 3 is 2.53 bits per heavy atom. The smallest absolute Gasteiger partial charge is 0.252 e. The number of amides is 3. The molecule has 9 heteroatoms. The van der Waals surface area contributed by atoms with Gasteiger partial charge in [0, 0.05) is 56.9 Å². The summed E-state index contributed by atoms with van der Waals surface area (Å²) in [7, 11) is 0. The highest BCUT2D eigenvalue weighted by molar-refractivity contribution is 6.04. The largest absolute Gasteiger partial charge is 0.369 e. The molecule has 174 valence electrons. The van der Waals surface area contributed by atoms with Gasteiger partial charge in [-0.2, -0.15) is 0 Å². The van der Waals surface area contributed by atoms with Crippen molar-refractivity contribution in [3.05, 3.63) is 29.8 Å². The van der Waals surface area contributed by atoms with Gasteiger partial charge in [-0.05, 0) is 56.3 Å². The van der Waals surface area contributed by atoms with Crippen LogP contribution in [0.2, 0.25) is 0 Å². The van der Waals surface area contributed by atoms with E-state index in [2.05, 4.69) is 20.4 Å². The molecule has 0 radical (unpaired) electrons. The van der Waals surface area contributed by atoms with E-state index in [0.29, 0.717) is 12.0 Å². The molecule has 1 unspecified atom stereocenters. The van der Waals surface area contributed by atoms with Crippen molar-refractivity contribution < 1.29 is 14.4 Å². The zero-order valence-corrected chi connectivity index (χ0v) is 18.6. The Morgan fingerprint density at radius 2 is 1.81 bits per heavy atom. The van der Waals surface area contributed by atoms with Crippen molar-refractivity contribution >= 4 is 23.4 Å². The monoisotopic (exact) mass is 442 g/mol. The van der Waals surface area contributed by atoms with Gasteiger partial charge in [0.05, 0.1) is 0 Å². The summed E-state index contributed by atoms with van der Waals surface area (Å²) in [6, 6.07) is 6.89. The van der Waals surface area contributed by atoms with Crippen molar-refractivity contribution in [3.63, 3.8) is 0 Å². The topological polar surface area (TPSA) is 111 Å². The quantitative estimate of drug-likeness (QED) is 0.430. The predicted molar refractivity (Wildman–Crippen MR) is 122 cm³/mol. The van der Waals surface area contributed by atoms with Crippen molar-refractivity contribution in [1.29, 1.82) is 0 Å². The number of rotatable bonds is 6. The van der Waals surface area contributed by atoms with Gasteiger partial charge in [-0.1, -0.05) is 6.07 Å². The number of hydrogen-bond donors (Lipinski definition) is 3. The number of carbonyl (C=O) groups excluding carboxylic acids is 3. The average Bonchev–Trinajstić information content (AvgIpc) is 2.81. The molecule has 1 atom stereocenters. The van der Waals surface area contributed by atoms with Gasteiger partial charge in [-0.3, -0.25) is 30.4 Å². The van der Waals surface area contributed by atoms with Gasteiger partial charge >= 0.3 is 0 Å². The van der Waals surface area contributed by atoms with Crippen LogP contribution in [0, 0.1) is 5.92 Å². The molecule has 4 rings (SSSR count). The highest BCUT2D eigenvalue weighted by Crippen LogP contribution is 2.21. The number of anilines is 1. The third-order valence-electron chi connectivity index (χ3n) is 6.89. The first-order valence-electron chi connectivity index (χ1n) is 11.7. The van der Waals surface area contributed by atoms with E-state index in [4.69, 9.17) is 5.84 Å². The summed E-state index contributed by atoms with van der Waals surface area (Å²) in [6.45, 7) is 7.04. The molecule has 1 aromatic carbocycles. The molecular formula is C23H34N6O3. The minimum atomic E-state index is -0.663. The van der Waals surface area contributed by atoms with Crippen LogP contribution in [0.5, 0.6) is 0 Å². The molecule has 3 aliphatic heterocycles. The van der Waals surface area contributed by atoms with Crippen LogP contribution in [0.4, 0.5) is 5.69 Å². The summed E-state index contributed by atoms with van der Waals surface area (Å²) in [4.78, 5) is 40.7. The molecule has 4 N–H and O–H groups in total. The number of imide groups is 1. The van der Waals surface area contributed by atoms with Crippen LogP contribution in [0.3, 0.4) is 0 Å². The summed E-state index contributed by atoms with van der Waals surface area (Å²) < 4.78 is 0. The van der Waals surface area contributed by atoms with Gasteiger partial charge in [0.15, 0.2) is 0 Å². The van der Waals surface area contributed by atoms with Crippen molar-refractivity contribution in [2.24, 2.45) is 11.8 Å². The van der Waals surface area contributed by atoms with E-state index in [1.807, 2.05) is 23.2 Å². The first-order chi connectivity index (χ1) is 15.5.